The van der Waals surface area contributed by atoms with E-state index in [9.17, 15) is 0 Å². The van der Waals surface area contributed by atoms with Gasteiger partial charge in [-0.15, -0.1) is 0 Å². The molecule has 0 fully saturated rings. The molecule has 0 bridgehead atoms. The molecular formula is C15H19N3O. The van der Waals surface area contributed by atoms with E-state index in [2.05, 4.69) is 41.6 Å². The molecule has 1 unspecified atom stereocenters. The maximum absolute atomic E-state index is 5.68. The molecule has 1 aromatic heterocycles. The molecule has 19 heavy (non-hydrogen) atoms. The highest BCUT2D eigenvalue weighted by molar-refractivity contribution is 5.35. The Balaban J connectivity index is 2.31. The summed E-state index contributed by atoms with van der Waals surface area (Å²) in [5.74, 6) is 6.41. The Morgan fingerprint density at radius 1 is 1.21 bits per heavy atom. The van der Waals surface area contributed by atoms with Crippen LogP contribution in [0.4, 0.5) is 0 Å². The number of hydrogen-bond donors (Lipinski definition) is 2. The number of aromatic nitrogens is 1. The third-order valence-electron chi connectivity index (χ3n) is 3.19. The number of rotatable bonds is 5. The van der Waals surface area contributed by atoms with Gasteiger partial charge in [0.25, 0.3) is 0 Å². The van der Waals surface area contributed by atoms with Gasteiger partial charge in [-0.1, -0.05) is 31.2 Å². The second kappa shape index (κ2) is 6.31. The number of benzene rings is 1. The minimum Gasteiger partial charge on any atom is -0.495 e. The minimum absolute atomic E-state index is 0.0893. The maximum Gasteiger partial charge on any atom is 0.137 e. The number of methoxy groups -OCH3 is 1. The van der Waals surface area contributed by atoms with Gasteiger partial charge in [0.15, 0.2) is 0 Å². The Bertz CT molecular complexity index is 525. The average Bonchev–Trinajstić information content (AvgIpc) is 2.49. The SMILES string of the molecule is CCc1ccc(C(NN)c2cncc(OC)c2)cc1. The first-order valence-corrected chi connectivity index (χ1v) is 6.32. The van der Waals surface area contributed by atoms with Crippen LogP contribution in [0, 0.1) is 0 Å². The predicted octanol–water partition coefficient (Wildman–Crippen LogP) is 2.21. The second-order valence-corrected chi connectivity index (χ2v) is 4.35. The Morgan fingerprint density at radius 2 is 1.95 bits per heavy atom. The van der Waals surface area contributed by atoms with E-state index in [1.807, 2.05) is 6.07 Å². The molecule has 2 rings (SSSR count). The van der Waals surface area contributed by atoms with Crippen LogP contribution in [0.15, 0.2) is 42.7 Å². The van der Waals surface area contributed by atoms with Gasteiger partial charge in [-0.3, -0.25) is 10.8 Å². The van der Waals surface area contributed by atoms with Crippen molar-refractivity contribution in [2.45, 2.75) is 19.4 Å². The molecule has 0 aliphatic carbocycles. The summed E-state index contributed by atoms with van der Waals surface area (Å²) < 4.78 is 5.19. The summed E-state index contributed by atoms with van der Waals surface area (Å²) in [4.78, 5) is 4.16. The van der Waals surface area contributed by atoms with Gasteiger partial charge < -0.3 is 4.74 Å². The van der Waals surface area contributed by atoms with E-state index in [0.29, 0.717) is 0 Å². The van der Waals surface area contributed by atoms with Crippen molar-refractivity contribution in [3.63, 3.8) is 0 Å². The first-order chi connectivity index (χ1) is 9.28. The van der Waals surface area contributed by atoms with Crippen LogP contribution >= 0.6 is 0 Å². The normalized spacial score (nSPS) is 12.2. The van der Waals surface area contributed by atoms with Crippen LogP contribution in [0.5, 0.6) is 5.75 Å². The van der Waals surface area contributed by atoms with Crippen molar-refractivity contribution in [2.24, 2.45) is 5.84 Å². The average molecular weight is 257 g/mol. The van der Waals surface area contributed by atoms with Crippen LogP contribution in [0.25, 0.3) is 0 Å². The highest BCUT2D eigenvalue weighted by Gasteiger charge is 2.13. The van der Waals surface area contributed by atoms with E-state index in [1.54, 1.807) is 19.5 Å². The van der Waals surface area contributed by atoms with Gasteiger partial charge in [-0.2, -0.15) is 0 Å². The molecular weight excluding hydrogens is 238 g/mol. The molecule has 0 saturated carbocycles. The lowest BCUT2D eigenvalue weighted by Gasteiger charge is -2.17. The van der Waals surface area contributed by atoms with Gasteiger partial charge in [0.1, 0.15) is 5.75 Å². The lowest BCUT2D eigenvalue weighted by molar-refractivity contribution is 0.411. The summed E-state index contributed by atoms with van der Waals surface area (Å²) in [5, 5.41) is 0. The van der Waals surface area contributed by atoms with Gasteiger partial charge in [0.2, 0.25) is 0 Å². The molecule has 100 valence electrons. The van der Waals surface area contributed by atoms with Crippen LogP contribution in [0.3, 0.4) is 0 Å². The number of nitrogens with one attached hydrogen (secondary N) is 1. The van der Waals surface area contributed by atoms with Gasteiger partial charge in [0, 0.05) is 6.20 Å². The fourth-order valence-electron chi connectivity index (χ4n) is 2.04. The highest BCUT2D eigenvalue weighted by atomic mass is 16.5. The van der Waals surface area contributed by atoms with Crippen molar-refractivity contribution in [3.8, 4) is 5.75 Å². The fourth-order valence-corrected chi connectivity index (χ4v) is 2.04. The number of ether oxygens (including phenoxy) is 1. The van der Waals surface area contributed by atoms with Crippen LogP contribution in [0.1, 0.15) is 29.7 Å². The van der Waals surface area contributed by atoms with Crippen LogP contribution < -0.4 is 16.0 Å². The van der Waals surface area contributed by atoms with Crippen molar-refractivity contribution in [2.75, 3.05) is 7.11 Å². The van der Waals surface area contributed by atoms with E-state index in [0.717, 1.165) is 23.3 Å². The van der Waals surface area contributed by atoms with E-state index >= 15 is 0 Å². The number of pyridine rings is 1. The summed E-state index contributed by atoms with van der Waals surface area (Å²) in [6.45, 7) is 2.14. The van der Waals surface area contributed by atoms with Gasteiger partial charge >= 0.3 is 0 Å². The topological polar surface area (TPSA) is 60.2 Å². The molecule has 1 aromatic carbocycles. The number of nitrogens with zero attached hydrogens (tertiary/aromatic N) is 1. The number of aryl methyl sites for hydroxylation is 1. The molecule has 1 atom stereocenters. The molecule has 3 N–H and O–H groups in total. The summed E-state index contributed by atoms with van der Waals surface area (Å²) in [6.07, 6.45) is 4.50. The molecule has 4 nitrogen and oxygen atoms in total. The van der Waals surface area contributed by atoms with E-state index < -0.39 is 0 Å². The zero-order valence-corrected chi connectivity index (χ0v) is 11.3. The molecule has 0 spiro atoms. The van der Waals surface area contributed by atoms with Crippen molar-refractivity contribution < 1.29 is 4.74 Å². The van der Waals surface area contributed by atoms with Crippen LogP contribution in [0.2, 0.25) is 0 Å². The van der Waals surface area contributed by atoms with Crippen molar-refractivity contribution in [3.05, 3.63) is 59.4 Å². The predicted molar refractivity (Wildman–Crippen MR) is 75.8 cm³/mol. The molecule has 0 radical (unpaired) electrons. The second-order valence-electron chi connectivity index (χ2n) is 4.35. The van der Waals surface area contributed by atoms with Gasteiger partial charge in [0.05, 0.1) is 19.3 Å². The van der Waals surface area contributed by atoms with Gasteiger partial charge in [-0.05, 0) is 29.2 Å². The Kier molecular flexibility index (Phi) is 4.49. The van der Waals surface area contributed by atoms with E-state index in [4.69, 9.17) is 10.6 Å². The standard InChI is InChI=1S/C15H19N3O/c1-3-11-4-6-12(7-5-11)15(18-16)13-8-14(19-2)10-17-9-13/h4-10,15,18H,3,16H2,1-2H3. The summed E-state index contributed by atoms with van der Waals surface area (Å²) in [6, 6.07) is 10.3. The van der Waals surface area contributed by atoms with Crippen molar-refractivity contribution in [1.82, 2.24) is 10.4 Å². The lowest BCUT2D eigenvalue weighted by atomic mass is 9.99. The minimum atomic E-state index is -0.0893. The first kappa shape index (κ1) is 13.5. The number of hydrogen-bond acceptors (Lipinski definition) is 4. The first-order valence-electron chi connectivity index (χ1n) is 6.32. The van der Waals surface area contributed by atoms with Crippen LogP contribution in [-0.2, 0) is 6.42 Å². The number of nitrogens with two attached hydrogens (primary N) is 1. The molecule has 0 amide bonds. The highest BCUT2D eigenvalue weighted by Crippen LogP contribution is 2.23. The monoisotopic (exact) mass is 257 g/mol. The Hall–Kier alpha value is -1.91. The third-order valence-corrected chi connectivity index (χ3v) is 3.19. The summed E-state index contributed by atoms with van der Waals surface area (Å²) in [5.41, 5.74) is 6.22. The van der Waals surface area contributed by atoms with Gasteiger partial charge in [-0.25, -0.2) is 5.43 Å². The third kappa shape index (κ3) is 3.10. The van der Waals surface area contributed by atoms with Crippen molar-refractivity contribution >= 4 is 0 Å². The molecule has 2 aromatic rings. The summed E-state index contributed by atoms with van der Waals surface area (Å²) >= 11 is 0. The number of hydrazine groups is 1. The smallest absolute Gasteiger partial charge is 0.137 e. The molecule has 0 aliphatic rings. The van der Waals surface area contributed by atoms with E-state index in [-0.39, 0.29) is 6.04 Å². The zero-order chi connectivity index (χ0) is 13.7. The Morgan fingerprint density at radius 3 is 2.53 bits per heavy atom. The lowest BCUT2D eigenvalue weighted by Crippen LogP contribution is -2.28. The van der Waals surface area contributed by atoms with Crippen LogP contribution in [-0.4, -0.2) is 12.1 Å². The molecule has 1 heterocycles. The quantitative estimate of drug-likeness (QED) is 0.637. The van der Waals surface area contributed by atoms with E-state index in [1.165, 1.54) is 5.56 Å². The Labute approximate surface area is 113 Å². The molecule has 0 aliphatic heterocycles. The zero-order valence-electron chi connectivity index (χ0n) is 11.3. The molecule has 4 heteroatoms. The summed E-state index contributed by atoms with van der Waals surface area (Å²) in [7, 11) is 1.63. The molecule has 0 saturated heterocycles. The fraction of sp³-hybridized carbons (Fsp3) is 0.267. The maximum atomic E-state index is 5.68. The largest absolute Gasteiger partial charge is 0.495 e. The van der Waals surface area contributed by atoms with Crippen molar-refractivity contribution in [1.29, 1.82) is 0 Å².